The van der Waals surface area contributed by atoms with Crippen LogP contribution in [0.5, 0.6) is 0 Å². The maximum atomic E-state index is 12.9. The molecule has 3 aliphatic heterocycles. The van der Waals surface area contributed by atoms with Crippen LogP contribution in [0.4, 0.5) is 10.5 Å². The Morgan fingerprint density at radius 3 is 2.56 bits per heavy atom. The van der Waals surface area contributed by atoms with Gasteiger partial charge in [-0.05, 0) is 55.6 Å². The number of benzene rings is 2. The molecule has 0 aliphatic carbocycles. The van der Waals surface area contributed by atoms with Crippen molar-refractivity contribution in [3.8, 4) is 11.1 Å². The molecule has 32 heavy (non-hydrogen) atoms. The number of carbonyl (C=O) groups excluding carboxylic acids is 2. The molecule has 3 saturated heterocycles. The Balaban J connectivity index is 0.00000245. The van der Waals surface area contributed by atoms with Crippen molar-refractivity contribution in [2.45, 2.75) is 18.9 Å². The number of furan rings is 1. The van der Waals surface area contributed by atoms with Gasteiger partial charge in [0.25, 0.3) is 5.91 Å². The molecule has 3 N–H and O–H groups in total. The van der Waals surface area contributed by atoms with Crippen LogP contribution in [0, 0.1) is 5.92 Å². The summed E-state index contributed by atoms with van der Waals surface area (Å²) in [5.74, 6) is 0.735. The number of para-hydroxylation sites is 1. The number of halogens is 1. The molecule has 168 valence electrons. The Morgan fingerprint density at radius 1 is 1.06 bits per heavy atom. The molecule has 0 saturated carbocycles. The van der Waals surface area contributed by atoms with Crippen LogP contribution in [0.3, 0.4) is 0 Å². The van der Waals surface area contributed by atoms with Crippen LogP contribution >= 0.6 is 12.4 Å². The molecule has 8 heteroatoms. The van der Waals surface area contributed by atoms with Crippen molar-refractivity contribution in [3.05, 3.63) is 54.3 Å². The third-order valence-corrected chi connectivity index (χ3v) is 6.40. The number of amides is 3. The van der Waals surface area contributed by atoms with E-state index < -0.39 is 0 Å². The molecular formula is C24H27ClN4O3. The first-order chi connectivity index (χ1) is 15.1. The van der Waals surface area contributed by atoms with Crippen molar-refractivity contribution >= 4 is 41.0 Å². The summed E-state index contributed by atoms with van der Waals surface area (Å²) in [7, 11) is 1.57. The predicted molar refractivity (Wildman–Crippen MR) is 127 cm³/mol. The fourth-order valence-corrected chi connectivity index (χ4v) is 4.73. The highest BCUT2D eigenvalue weighted by Gasteiger charge is 2.35. The monoisotopic (exact) mass is 454 g/mol. The molecular weight excluding hydrogens is 428 g/mol. The van der Waals surface area contributed by atoms with E-state index in [0.717, 1.165) is 49.0 Å². The summed E-state index contributed by atoms with van der Waals surface area (Å²) in [5.41, 5.74) is 3.12. The Hall–Kier alpha value is -3.03. The highest BCUT2D eigenvalue weighted by Crippen LogP contribution is 2.33. The number of nitrogens with zero attached hydrogens (tertiary/aromatic N) is 1. The number of anilines is 1. The van der Waals surface area contributed by atoms with E-state index in [0.29, 0.717) is 22.9 Å². The van der Waals surface area contributed by atoms with Crippen LogP contribution in [-0.4, -0.2) is 49.6 Å². The molecule has 3 aromatic rings. The zero-order valence-corrected chi connectivity index (χ0v) is 18.7. The molecule has 3 fully saturated rings. The van der Waals surface area contributed by atoms with Gasteiger partial charge in [0, 0.05) is 36.3 Å². The van der Waals surface area contributed by atoms with E-state index in [-0.39, 0.29) is 30.4 Å². The Labute approximate surface area is 192 Å². The summed E-state index contributed by atoms with van der Waals surface area (Å²) in [6.07, 6.45) is 2.30. The quantitative estimate of drug-likeness (QED) is 0.554. The number of hydrogen-bond acceptors (Lipinski definition) is 4. The van der Waals surface area contributed by atoms with Gasteiger partial charge in [-0.15, -0.1) is 12.4 Å². The number of fused-ring (bicyclic) bond motifs is 4. The number of nitrogens with one attached hydrogen (secondary N) is 3. The van der Waals surface area contributed by atoms with Gasteiger partial charge in [0.05, 0.1) is 0 Å². The van der Waals surface area contributed by atoms with Crippen molar-refractivity contribution in [2.24, 2.45) is 5.92 Å². The zero-order chi connectivity index (χ0) is 21.4. The molecule has 1 atom stereocenters. The molecule has 2 aromatic carbocycles. The van der Waals surface area contributed by atoms with E-state index in [1.165, 1.54) is 0 Å². The van der Waals surface area contributed by atoms with Gasteiger partial charge in [-0.3, -0.25) is 4.79 Å². The number of rotatable bonds is 4. The van der Waals surface area contributed by atoms with Crippen LogP contribution in [0.2, 0.25) is 0 Å². The van der Waals surface area contributed by atoms with Crippen molar-refractivity contribution in [1.82, 2.24) is 15.5 Å². The molecule has 0 unspecified atom stereocenters. The van der Waals surface area contributed by atoms with E-state index in [4.69, 9.17) is 4.42 Å². The van der Waals surface area contributed by atoms with Gasteiger partial charge in [-0.25, -0.2) is 4.79 Å². The first-order valence-electron chi connectivity index (χ1n) is 10.8. The lowest BCUT2D eigenvalue weighted by Crippen LogP contribution is -2.57. The fraction of sp³-hybridized carbons (Fsp3) is 0.333. The van der Waals surface area contributed by atoms with E-state index in [9.17, 15) is 9.59 Å². The van der Waals surface area contributed by atoms with Crippen molar-refractivity contribution in [1.29, 1.82) is 0 Å². The minimum absolute atomic E-state index is 0. The SMILES string of the molecule is CNC(=O)Nc1cccc(-c2cccc3cc(C(=O)N[C@H]4CN5CCC4CC5)oc23)c1.Cl. The van der Waals surface area contributed by atoms with Crippen LogP contribution in [0.25, 0.3) is 22.1 Å². The highest BCUT2D eigenvalue weighted by molar-refractivity contribution is 6.00. The second kappa shape index (κ2) is 9.22. The highest BCUT2D eigenvalue weighted by atomic mass is 35.5. The van der Waals surface area contributed by atoms with Crippen molar-refractivity contribution in [2.75, 3.05) is 32.0 Å². The average molecular weight is 455 g/mol. The summed E-state index contributed by atoms with van der Waals surface area (Å²) in [4.78, 5) is 27.0. The fourth-order valence-electron chi connectivity index (χ4n) is 4.73. The number of hydrogen-bond donors (Lipinski definition) is 3. The van der Waals surface area contributed by atoms with Gasteiger partial charge in [-0.2, -0.15) is 0 Å². The van der Waals surface area contributed by atoms with Gasteiger partial charge in [-0.1, -0.05) is 30.3 Å². The lowest BCUT2D eigenvalue weighted by atomic mass is 9.84. The molecule has 3 amide bonds. The largest absolute Gasteiger partial charge is 0.450 e. The summed E-state index contributed by atoms with van der Waals surface area (Å²) < 4.78 is 6.05. The van der Waals surface area contributed by atoms with Crippen molar-refractivity contribution in [3.63, 3.8) is 0 Å². The molecule has 3 aliphatic rings. The Kier molecular flexibility index (Phi) is 6.39. The standard InChI is InChI=1S/C24H26N4O3.ClH/c1-25-24(30)26-18-6-2-4-16(12-18)19-7-3-5-17-13-21(31-22(17)19)23(29)27-20-14-28-10-8-15(20)9-11-28;/h2-7,12-13,15,20H,8-11,14H2,1H3,(H,27,29)(H2,25,26,30);1H/t20-;/m0./s1. The molecule has 1 aromatic heterocycles. The van der Waals surface area contributed by atoms with E-state index in [1.54, 1.807) is 7.05 Å². The molecule has 0 radical (unpaired) electrons. The second-order valence-electron chi connectivity index (χ2n) is 8.34. The summed E-state index contributed by atoms with van der Waals surface area (Å²) >= 11 is 0. The van der Waals surface area contributed by atoms with E-state index in [1.807, 2.05) is 48.5 Å². The average Bonchev–Trinajstić information content (AvgIpc) is 3.25. The number of carbonyl (C=O) groups is 2. The summed E-state index contributed by atoms with van der Waals surface area (Å²) in [6.45, 7) is 3.20. The zero-order valence-electron chi connectivity index (χ0n) is 17.9. The van der Waals surface area contributed by atoms with Crippen LogP contribution in [-0.2, 0) is 0 Å². The molecule has 2 bridgehead atoms. The van der Waals surface area contributed by atoms with Gasteiger partial charge in [0.15, 0.2) is 5.76 Å². The lowest BCUT2D eigenvalue weighted by Gasteiger charge is -2.44. The molecule has 7 nitrogen and oxygen atoms in total. The smallest absolute Gasteiger partial charge is 0.318 e. The van der Waals surface area contributed by atoms with Crippen LogP contribution in [0.1, 0.15) is 23.4 Å². The van der Waals surface area contributed by atoms with Crippen LogP contribution < -0.4 is 16.0 Å². The van der Waals surface area contributed by atoms with E-state index in [2.05, 4.69) is 20.9 Å². The molecule has 0 spiro atoms. The first kappa shape index (κ1) is 22.2. The third kappa shape index (κ3) is 4.31. The lowest BCUT2D eigenvalue weighted by molar-refractivity contribution is 0.0607. The summed E-state index contributed by atoms with van der Waals surface area (Å²) in [5, 5.41) is 9.40. The number of urea groups is 1. The van der Waals surface area contributed by atoms with Gasteiger partial charge < -0.3 is 25.3 Å². The van der Waals surface area contributed by atoms with E-state index >= 15 is 0 Å². The Morgan fingerprint density at radius 2 is 1.84 bits per heavy atom. The second-order valence-corrected chi connectivity index (χ2v) is 8.34. The minimum Gasteiger partial charge on any atom is -0.450 e. The van der Waals surface area contributed by atoms with Crippen molar-refractivity contribution < 1.29 is 14.0 Å². The molecule has 4 heterocycles. The normalized spacial score (nSPS) is 21.6. The summed E-state index contributed by atoms with van der Waals surface area (Å²) in [6, 6.07) is 15.1. The maximum absolute atomic E-state index is 12.9. The Bertz CT molecular complexity index is 1140. The van der Waals surface area contributed by atoms with Gasteiger partial charge in [0.1, 0.15) is 5.58 Å². The van der Waals surface area contributed by atoms with Gasteiger partial charge >= 0.3 is 6.03 Å². The minimum atomic E-state index is -0.278. The van der Waals surface area contributed by atoms with Gasteiger partial charge in [0.2, 0.25) is 0 Å². The molecule has 6 rings (SSSR count). The van der Waals surface area contributed by atoms with Crippen LogP contribution in [0.15, 0.2) is 52.9 Å². The first-order valence-corrected chi connectivity index (χ1v) is 10.8. The number of piperidine rings is 3. The maximum Gasteiger partial charge on any atom is 0.318 e. The predicted octanol–water partition coefficient (Wildman–Crippen LogP) is 4.10. The topological polar surface area (TPSA) is 86.6 Å². The third-order valence-electron chi connectivity index (χ3n) is 6.40.